The van der Waals surface area contributed by atoms with Gasteiger partial charge in [-0.2, -0.15) is 4.99 Å². The summed E-state index contributed by atoms with van der Waals surface area (Å²) >= 11 is 1.54. The summed E-state index contributed by atoms with van der Waals surface area (Å²) in [7, 11) is 1.68. The van der Waals surface area contributed by atoms with E-state index in [2.05, 4.69) is 39.9 Å². The molecular weight excluding hydrogens is 332 g/mol. The number of aromatic nitrogens is 1. The number of methoxy groups -OCH3 is 1. The predicted octanol–water partition coefficient (Wildman–Crippen LogP) is 3.64. The van der Waals surface area contributed by atoms with E-state index in [9.17, 15) is 4.79 Å². The number of amides is 1. The number of thiazole rings is 1. The summed E-state index contributed by atoms with van der Waals surface area (Å²) in [5, 5.41) is 0. The van der Waals surface area contributed by atoms with Crippen molar-refractivity contribution in [3.63, 3.8) is 0 Å². The summed E-state index contributed by atoms with van der Waals surface area (Å²) in [6, 6.07) is 14.3. The lowest BCUT2D eigenvalue weighted by Gasteiger charge is -2.05. The Morgan fingerprint density at radius 1 is 1.20 bits per heavy atom. The van der Waals surface area contributed by atoms with Crippen molar-refractivity contribution in [2.24, 2.45) is 4.99 Å². The molecule has 0 aliphatic rings. The van der Waals surface area contributed by atoms with E-state index in [1.807, 2.05) is 26.0 Å². The van der Waals surface area contributed by atoms with Crippen LogP contribution >= 0.6 is 11.3 Å². The van der Waals surface area contributed by atoms with Crippen LogP contribution in [0.1, 0.15) is 16.7 Å². The van der Waals surface area contributed by atoms with Gasteiger partial charge >= 0.3 is 0 Å². The lowest BCUT2D eigenvalue weighted by Crippen LogP contribution is -2.19. The quantitative estimate of drug-likeness (QED) is 0.702. The second kappa shape index (κ2) is 7.76. The van der Waals surface area contributed by atoms with Crippen molar-refractivity contribution in [3.05, 3.63) is 64.0 Å². The summed E-state index contributed by atoms with van der Waals surface area (Å²) in [5.41, 5.74) is 4.41. The molecule has 25 heavy (non-hydrogen) atoms. The zero-order chi connectivity index (χ0) is 17.8. The van der Waals surface area contributed by atoms with Gasteiger partial charge < -0.3 is 9.30 Å². The van der Waals surface area contributed by atoms with Crippen LogP contribution in [0.15, 0.2) is 47.5 Å². The number of rotatable bonds is 5. The second-order valence-electron chi connectivity index (χ2n) is 6.11. The Kier molecular flexibility index (Phi) is 5.46. The van der Waals surface area contributed by atoms with Crippen LogP contribution in [0.5, 0.6) is 0 Å². The Morgan fingerprint density at radius 2 is 2.00 bits per heavy atom. The summed E-state index contributed by atoms with van der Waals surface area (Å²) in [6.45, 7) is 5.32. The third kappa shape index (κ3) is 4.06. The van der Waals surface area contributed by atoms with Gasteiger partial charge in [0, 0.05) is 13.7 Å². The molecule has 1 aromatic heterocycles. The highest BCUT2D eigenvalue weighted by atomic mass is 32.1. The molecule has 0 atom stereocenters. The van der Waals surface area contributed by atoms with Crippen molar-refractivity contribution in [2.75, 3.05) is 13.7 Å². The predicted molar refractivity (Wildman–Crippen MR) is 102 cm³/mol. The van der Waals surface area contributed by atoms with Crippen LogP contribution in [-0.2, 0) is 22.5 Å². The molecule has 0 fully saturated rings. The number of nitrogens with zero attached hydrogens (tertiary/aromatic N) is 2. The fourth-order valence-electron chi connectivity index (χ4n) is 2.80. The standard InChI is InChI=1S/C20H22N2O2S/c1-14-8-9-15(2)16(12-14)13-19(23)21-20-22(10-11-24-3)17-6-4-5-7-18(17)25-20/h4-9,12H,10-11,13H2,1-3H3. The fraction of sp³-hybridized carbons (Fsp3) is 0.300. The smallest absolute Gasteiger partial charge is 0.252 e. The Labute approximate surface area is 151 Å². The van der Waals surface area contributed by atoms with Gasteiger partial charge in [-0.25, -0.2) is 0 Å². The highest BCUT2D eigenvalue weighted by molar-refractivity contribution is 7.16. The Morgan fingerprint density at radius 3 is 2.80 bits per heavy atom. The minimum atomic E-state index is -0.119. The van der Waals surface area contributed by atoms with Gasteiger partial charge in [-0.05, 0) is 37.1 Å². The topological polar surface area (TPSA) is 43.6 Å². The van der Waals surface area contributed by atoms with Gasteiger partial charge in [0.15, 0.2) is 4.80 Å². The Hall–Kier alpha value is -2.24. The van der Waals surface area contributed by atoms with E-state index < -0.39 is 0 Å². The summed E-state index contributed by atoms with van der Waals surface area (Å²) in [6.07, 6.45) is 0.325. The molecule has 130 valence electrons. The minimum Gasteiger partial charge on any atom is -0.383 e. The number of ether oxygens (including phenoxy) is 1. The van der Waals surface area contributed by atoms with E-state index >= 15 is 0 Å². The van der Waals surface area contributed by atoms with Crippen LogP contribution < -0.4 is 4.80 Å². The number of aryl methyl sites for hydroxylation is 2. The van der Waals surface area contributed by atoms with Crippen molar-refractivity contribution in [1.29, 1.82) is 0 Å². The van der Waals surface area contributed by atoms with Crippen LogP contribution in [-0.4, -0.2) is 24.2 Å². The monoisotopic (exact) mass is 354 g/mol. The molecule has 3 rings (SSSR count). The first-order valence-electron chi connectivity index (χ1n) is 8.29. The molecule has 0 N–H and O–H groups in total. The molecule has 0 aliphatic heterocycles. The average Bonchev–Trinajstić information content (AvgIpc) is 2.93. The van der Waals surface area contributed by atoms with Crippen LogP contribution in [0.3, 0.4) is 0 Å². The molecule has 1 amide bonds. The molecule has 5 heteroatoms. The van der Waals surface area contributed by atoms with Gasteiger partial charge in [0.25, 0.3) is 5.91 Å². The summed E-state index contributed by atoms with van der Waals surface area (Å²) in [5.74, 6) is -0.119. The van der Waals surface area contributed by atoms with E-state index in [-0.39, 0.29) is 5.91 Å². The zero-order valence-electron chi connectivity index (χ0n) is 14.8. The molecular formula is C20H22N2O2S. The molecule has 2 aromatic carbocycles. The number of para-hydroxylation sites is 1. The van der Waals surface area contributed by atoms with Crippen molar-refractivity contribution in [3.8, 4) is 0 Å². The largest absolute Gasteiger partial charge is 0.383 e. The van der Waals surface area contributed by atoms with Crippen molar-refractivity contribution >= 4 is 27.5 Å². The minimum absolute atomic E-state index is 0.119. The van der Waals surface area contributed by atoms with Crippen LogP contribution in [0.2, 0.25) is 0 Å². The molecule has 4 nitrogen and oxygen atoms in total. The first-order chi connectivity index (χ1) is 12.1. The number of fused-ring (bicyclic) bond motifs is 1. The SMILES string of the molecule is COCCn1c(=NC(=O)Cc2cc(C)ccc2C)sc2ccccc21. The Balaban J connectivity index is 1.96. The third-order valence-electron chi connectivity index (χ3n) is 4.17. The van der Waals surface area contributed by atoms with Crippen LogP contribution in [0.4, 0.5) is 0 Å². The molecule has 0 aliphatic carbocycles. The molecule has 0 radical (unpaired) electrons. The van der Waals surface area contributed by atoms with Crippen LogP contribution in [0.25, 0.3) is 10.2 Å². The lowest BCUT2D eigenvalue weighted by molar-refractivity contribution is -0.117. The van der Waals surface area contributed by atoms with E-state index in [4.69, 9.17) is 4.74 Å². The number of hydrogen-bond donors (Lipinski definition) is 0. The third-order valence-corrected chi connectivity index (χ3v) is 5.23. The maximum Gasteiger partial charge on any atom is 0.252 e. The van der Waals surface area contributed by atoms with Gasteiger partial charge in [-0.15, -0.1) is 0 Å². The number of hydrogen-bond acceptors (Lipinski definition) is 3. The van der Waals surface area contributed by atoms with Crippen molar-refractivity contribution in [1.82, 2.24) is 4.57 Å². The molecule has 0 unspecified atom stereocenters. The highest BCUT2D eigenvalue weighted by Crippen LogP contribution is 2.17. The lowest BCUT2D eigenvalue weighted by atomic mass is 10.0. The number of carbonyl (C=O) groups excluding carboxylic acids is 1. The average molecular weight is 354 g/mol. The molecule has 3 aromatic rings. The zero-order valence-corrected chi connectivity index (χ0v) is 15.6. The van der Waals surface area contributed by atoms with Gasteiger partial charge in [-0.1, -0.05) is 47.2 Å². The normalized spacial score (nSPS) is 12.0. The maximum absolute atomic E-state index is 12.5. The van der Waals surface area contributed by atoms with E-state index in [1.54, 1.807) is 18.4 Å². The second-order valence-corrected chi connectivity index (χ2v) is 7.12. The molecule has 0 spiro atoms. The molecule has 0 saturated carbocycles. The van der Waals surface area contributed by atoms with Crippen molar-refractivity contribution < 1.29 is 9.53 Å². The van der Waals surface area contributed by atoms with Gasteiger partial charge in [0.2, 0.25) is 0 Å². The first kappa shape index (κ1) is 17.6. The van der Waals surface area contributed by atoms with Crippen molar-refractivity contribution in [2.45, 2.75) is 26.8 Å². The summed E-state index contributed by atoms with van der Waals surface area (Å²) in [4.78, 5) is 17.7. The number of carbonyl (C=O) groups is 1. The van der Waals surface area contributed by atoms with E-state index in [1.165, 1.54) is 0 Å². The summed E-state index contributed by atoms with van der Waals surface area (Å²) < 4.78 is 8.39. The van der Waals surface area contributed by atoms with Gasteiger partial charge in [-0.3, -0.25) is 4.79 Å². The van der Waals surface area contributed by atoms with Gasteiger partial charge in [0.05, 0.1) is 23.2 Å². The first-order valence-corrected chi connectivity index (χ1v) is 9.11. The van der Waals surface area contributed by atoms with E-state index in [0.717, 1.165) is 31.7 Å². The maximum atomic E-state index is 12.5. The molecule has 0 saturated heterocycles. The number of benzene rings is 2. The van der Waals surface area contributed by atoms with E-state index in [0.29, 0.717) is 19.6 Å². The fourth-order valence-corrected chi connectivity index (χ4v) is 3.88. The molecule has 0 bridgehead atoms. The van der Waals surface area contributed by atoms with Crippen LogP contribution in [0, 0.1) is 13.8 Å². The highest BCUT2D eigenvalue weighted by Gasteiger charge is 2.09. The Bertz CT molecular complexity index is 969. The van der Waals surface area contributed by atoms with Gasteiger partial charge in [0.1, 0.15) is 0 Å². The molecule has 1 heterocycles.